The molecule has 0 aromatic rings. The van der Waals surface area contributed by atoms with E-state index in [1.165, 1.54) is 38.5 Å². The second kappa shape index (κ2) is 7.77. The third-order valence-corrected chi connectivity index (χ3v) is 3.42. The molecule has 0 aromatic carbocycles. The van der Waals surface area contributed by atoms with Gasteiger partial charge in [-0.05, 0) is 32.2 Å². The molecule has 1 rings (SSSR count). The van der Waals surface area contributed by atoms with Crippen LogP contribution in [-0.4, -0.2) is 12.6 Å². The van der Waals surface area contributed by atoms with E-state index in [-0.39, 0.29) is 0 Å². The van der Waals surface area contributed by atoms with Gasteiger partial charge < -0.3 is 5.32 Å². The van der Waals surface area contributed by atoms with Crippen LogP contribution < -0.4 is 5.32 Å². The highest BCUT2D eigenvalue weighted by molar-refractivity contribution is 4.98. The van der Waals surface area contributed by atoms with Crippen molar-refractivity contribution < 1.29 is 0 Å². The number of hydrogen-bond acceptors (Lipinski definition) is 1. The van der Waals surface area contributed by atoms with Crippen molar-refractivity contribution in [1.29, 1.82) is 0 Å². The zero-order chi connectivity index (χ0) is 10.9. The van der Waals surface area contributed by atoms with Gasteiger partial charge in [-0.2, -0.15) is 0 Å². The Balaban J connectivity index is 2.19. The van der Waals surface area contributed by atoms with Crippen LogP contribution in [0.15, 0.2) is 0 Å². The topological polar surface area (TPSA) is 12.0 Å². The average molecular weight is 207 g/mol. The van der Waals surface area contributed by atoms with E-state index in [0.29, 0.717) is 6.04 Å². The van der Waals surface area contributed by atoms with E-state index in [1.54, 1.807) is 0 Å². The van der Waals surface area contributed by atoms with Crippen molar-refractivity contribution in [3.63, 3.8) is 0 Å². The maximum absolute atomic E-state index is 3.54. The maximum atomic E-state index is 3.54. The van der Waals surface area contributed by atoms with Crippen LogP contribution in [0.2, 0.25) is 0 Å². The Morgan fingerprint density at radius 3 is 2.67 bits per heavy atom. The molecular formula is C14H25N. The van der Waals surface area contributed by atoms with Gasteiger partial charge in [0.1, 0.15) is 0 Å². The first-order valence-electron chi connectivity index (χ1n) is 6.49. The zero-order valence-electron chi connectivity index (χ0n) is 10.3. The maximum Gasteiger partial charge on any atom is 0.0243 e. The van der Waals surface area contributed by atoms with Gasteiger partial charge in [-0.15, -0.1) is 11.8 Å². The molecule has 0 bridgehead atoms. The van der Waals surface area contributed by atoms with Gasteiger partial charge in [0, 0.05) is 12.5 Å². The number of rotatable bonds is 6. The molecule has 1 fully saturated rings. The van der Waals surface area contributed by atoms with Crippen molar-refractivity contribution in [2.75, 3.05) is 6.54 Å². The molecule has 0 radical (unpaired) electrons. The van der Waals surface area contributed by atoms with Gasteiger partial charge in [-0.1, -0.05) is 32.6 Å². The SMILES string of the molecule is CC#CCC(CCC1CCCC1)NCC. The van der Waals surface area contributed by atoms with Crippen LogP contribution in [0.25, 0.3) is 0 Å². The van der Waals surface area contributed by atoms with E-state index in [9.17, 15) is 0 Å². The normalized spacial score (nSPS) is 18.5. The molecule has 1 nitrogen and oxygen atoms in total. The lowest BCUT2D eigenvalue weighted by atomic mass is 9.97. The van der Waals surface area contributed by atoms with Gasteiger partial charge in [0.15, 0.2) is 0 Å². The van der Waals surface area contributed by atoms with Gasteiger partial charge in [0.25, 0.3) is 0 Å². The summed E-state index contributed by atoms with van der Waals surface area (Å²) in [5.74, 6) is 7.21. The molecule has 1 aliphatic carbocycles. The predicted octanol–water partition coefficient (Wildman–Crippen LogP) is 3.35. The number of nitrogens with one attached hydrogen (secondary N) is 1. The minimum Gasteiger partial charge on any atom is -0.313 e. The van der Waals surface area contributed by atoms with Crippen LogP contribution >= 0.6 is 0 Å². The summed E-state index contributed by atoms with van der Waals surface area (Å²) in [5.41, 5.74) is 0. The Hall–Kier alpha value is -0.480. The molecule has 1 aliphatic rings. The fourth-order valence-corrected chi connectivity index (χ4v) is 2.53. The number of hydrogen-bond donors (Lipinski definition) is 1. The third kappa shape index (κ3) is 5.23. The van der Waals surface area contributed by atoms with E-state index in [1.807, 2.05) is 6.92 Å². The minimum absolute atomic E-state index is 0.628. The quantitative estimate of drug-likeness (QED) is 0.659. The summed E-state index contributed by atoms with van der Waals surface area (Å²) in [7, 11) is 0. The van der Waals surface area contributed by atoms with Gasteiger partial charge in [-0.3, -0.25) is 0 Å². The molecule has 0 aliphatic heterocycles. The molecular weight excluding hydrogens is 182 g/mol. The first-order chi connectivity index (χ1) is 7.36. The molecule has 0 saturated heterocycles. The van der Waals surface area contributed by atoms with Crippen molar-refractivity contribution in [3.8, 4) is 11.8 Å². The highest BCUT2D eigenvalue weighted by atomic mass is 14.9. The van der Waals surface area contributed by atoms with E-state index in [0.717, 1.165) is 18.9 Å². The first-order valence-corrected chi connectivity index (χ1v) is 6.49. The summed E-state index contributed by atoms with van der Waals surface area (Å²) in [4.78, 5) is 0. The molecule has 1 unspecified atom stereocenters. The molecule has 1 atom stereocenters. The second-order valence-electron chi connectivity index (χ2n) is 4.61. The molecule has 1 N–H and O–H groups in total. The molecule has 0 amide bonds. The van der Waals surface area contributed by atoms with Crippen LogP contribution in [0.1, 0.15) is 58.8 Å². The highest BCUT2D eigenvalue weighted by Gasteiger charge is 2.16. The van der Waals surface area contributed by atoms with E-state index < -0.39 is 0 Å². The zero-order valence-corrected chi connectivity index (χ0v) is 10.3. The van der Waals surface area contributed by atoms with Crippen LogP contribution in [0.5, 0.6) is 0 Å². The average Bonchev–Trinajstić information content (AvgIpc) is 2.75. The fourth-order valence-electron chi connectivity index (χ4n) is 2.53. The fraction of sp³-hybridized carbons (Fsp3) is 0.857. The summed E-state index contributed by atoms with van der Waals surface area (Å²) >= 11 is 0. The second-order valence-corrected chi connectivity index (χ2v) is 4.61. The lowest BCUT2D eigenvalue weighted by molar-refractivity contribution is 0.413. The molecule has 15 heavy (non-hydrogen) atoms. The van der Waals surface area contributed by atoms with Crippen molar-refractivity contribution in [2.24, 2.45) is 5.92 Å². The molecule has 86 valence electrons. The van der Waals surface area contributed by atoms with Crippen LogP contribution in [0, 0.1) is 17.8 Å². The van der Waals surface area contributed by atoms with Crippen molar-refractivity contribution in [2.45, 2.75) is 64.8 Å². The first kappa shape index (κ1) is 12.6. The summed E-state index contributed by atoms with van der Waals surface area (Å²) in [6.07, 6.45) is 9.61. The van der Waals surface area contributed by atoms with Crippen LogP contribution in [-0.2, 0) is 0 Å². The van der Waals surface area contributed by atoms with Crippen molar-refractivity contribution in [1.82, 2.24) is 5.32 Å². The largest absolute Gasteiger partial charge is 0.313 e. The van der Waals surface area contributed by atoms with Crippen LogP contribution in [0.3, 0.4) is 0 Å². The lowest BCUT2D eigenvalue weighted by Gasteiger charge is -2.17. The monoisotopic (exact) mass is 207 g/mol. The molecule has 0 spiro atoms. The van der Waals surface area contributed by atoms with Gasteiger partial charge in [-0.25, -0.2) is 0 Å². The Labute approximate surface area is 95.0 Å². The third-order valence-electron chi connectivity index (χ3n) is 3.42. The highest BCUT2D eigenvalue weighted by Crippen LogP contribution is 2.29. The molecule has 0 heterocycles. The molecule has 1 saturated carbocycles. The smallest absolute Gasteiger partial charge is 0.0243 e. The molecule has 1 heteroatoms. The van der Waals surface area contributed by atoms with Crippen molar-refractivity contribution in [3.05, 3.63) is 0 Å². The Kier molecular flexibility index (Phi) is 6.52. The van der Waals surface area contributed by atoms with Crippen LogP contribution in [0.4, 0.5) is 0 Å². The van der Waals surface area contributed by atoms with Gasteiger partial charge in [0.05, 0.1) is 0 Å². The molecule has 0 aromatic heterocycles. The van der Waals surface area contributed by atoms with Crippen molar-refractivity contribution >= 4 is 0 Å². The predicted molar refractivity (Wildman–Crippen MR) is 66.7 cm³/mol. The Morgan fingerprint density at radius 1 is 1.33 bits per heavy atom. The summed E-state index contributed by atoms with van der Waals surface area (Å²) < 4.78 is 0. The standard InChI is InChI=1S/C14H25N/c1-3-5-10-14(15-4-2)12-11-13-8-6-7-9-13/h13-15H,4,6-12H2,1-2H3. The summed E-state index contributed by atoms with van der Waals surface area (Å²) in [5, 5.41) is 3.54. The van der Waals surface area contributed by atoms with Gasteiger partial charge in [0.2, 0.25) is 0 Å². The van der Waals surface area contributed by atoms with Gasteiger partial charge >= 0.3 is 0 Å². The van der Waals surface area contributed by atoms with E-state index >= 15 is 0 Å². The Bertz CT molecular complexity index is 205. The lowest BCUT2D eigenvalue weighted by Crippen LogP contribution is -2.28. The minimum atomic E-state index is 0.628. The summed E-state index contributed by atoms with van der Waals surface area (Å²) in [6, 6.07) is 0.628. The summed E-state index contributed by atoms with van der Waals surface area (Å²) in [6.45, 7) is 5.18. The van der Waals surface area contributed by atoms with E-state index in [2.05, 4.69) is 24.1 Å². The Morgan fingerprint density at radius 2 is 2.07 bits per heavy atom. The van der Waals surface area contributed by atoms with E-state index in [4.69, 9.17) is 0 Å².